The number of benzene rings is 2. The van der Waals surface area contributed by atoms with Crippen molar-refractivity contribution in [3.8, 4) is 5.69 Å². The van der Waals surface area contributed by atoms with Crippen molar-refractivity contribution in [1.29, 1.82) is 0 Å². The molecule has 0 unspecified atom stereocenters. The number of para-hydroxylation sites is 1. The van der Waals surface area contributed by atoms with Gasteiger partial charge < -0.3 is 5.32 Å². The van der Waals surface area contributed by atoms with Crippen molar-refractivity contribution >= 4 is 44.9 Å². The molecular weight excluding hydrogens is 428 g/mol. The number of rotatable bonds is 5. The quantitative estimate of drug-likeness (QED) is 0.357. The maximum absolute atomic E-state index is 13.8. The lowest BCUT2D eigenvalue weighted by molar-refractivity contribution is -0.113. The third-order valence-electron chi connectivity index (χ3n) is 4.33. The second kappa shape index (κ2) is 8.37. The highest BCUT2D eigenvalue weighted by Gasteiger charge is 2.17. The second-order valence-electron chi connectivity index (χ2n) is 6.42. The minimum atomic E-state index is -0.535. The van der Waals surface area contributed by atoms with Crippen LogP contribution in [0.1, 0.15) is 5.56 Å². The second-order valence-corrected chi connectivity index (χ2v) is 8.28. The maximum atomic E-state index is 13.8. The summed E-state index contributed by atoms with van der Waals surface area (Å²) in [6.07, 6.45) is 0. The van der Waals surface area contributed by atoms with E-state index in [0.29, 0.717) is 26.6 Å². The minimum absolute atomic E-state index is 0.0797. The molecule has 0 spiro atoms. The van der Waals surface area contributed by atoms with Gasteiger partial charge in [0.15, 0.2) is 5.16 Å². The minimum Gasteiger partial charge on any atom is -0.323 e. The van der Waals surface area contributed by atoms with Crippen molar-refractivity contribution in [2.45, 2.75) is 12.1 Å². The van der Waals surface area contributed by atoms with Gasteiger partial charge in [0.1, 0.15) is 16.3 Å². The molecule has 0 atom stereocenters. The molecule has 1 N–H and O–H groups in total. The zero-order valence-corrected chi connectivity index (χ0v) is 17.3. The summed E-state index contributed by atoms with van der Waals surface area (Å²) >= 11 is 2.32. The molecule has 0 aliphatic carbocycles. The Morgan fingerprint density at radius 1 is 1.20 bits per heavy atom. The first-order valence-corrected chi connectivity index (χ1v) is 10.7. The van der Waals surface area contributed by atoms with Crippen LogP contribution in [0.25, 0.3) is 15.9 Å². The van der Waals surface area contributed by atoms with Gasteiger partial charge in [-0.1, -0.05) is 23.9 Å². The number of amides is 1. The van der Waals surface area contributed by atoms with Crippen LogP contribution in [-0.4, -0.2) is 21.2 Å². The summed E-state index contributed by atoms with van der Waals surface area (Å²) in [6.45, 7) is 1.70. The normalized spacial score (nSPS) is 11.0. The number of carbonyl (C=O) groups is 1. The Balaban J connectivity index is 1.69. The van der Waals surface area contributed by atoms with Crippen LogP contribution in [0.15, 0.2) is 63.9 Å². The molecule has 0 aliphatic rings. The van der Waals surface area contributed by atoms with Crippen LogP contribution in [0.5, 0.6) is 0 Å². The zero-order chi connectivity index (χ0) is 21.3. The summed E-state index contributed by atoms with van der Waals surface area (Å²) in [4.78, 5) is 30.0. The number of nitrogens with zero attached hydrogens (tertiary/aromatic N) is 2. The zero-order valence-electron chi connectivity index (χ0n) is 15.7. The summed E-state index contributed by atoms with van der Waals surface area (Å²) in [7, 11) is 0. The molecule has 2 aromatic heterocycles. The Labute approximate surface area is 178 Å². The molecule has 9 heteroatoms. The topological polar surface area (TPSA) is 64.0 Å². The summed E-state index contributed by atoms with van der Waals surface area (Å²) in [6, 6.07) is 11.7. The highest BCUT2D eigenvalue weighted by atomic mass is 32.2. The SMILES string of the molecule is Cc1cc(F)ccc1-n1c(SCC(=O)Nc2ccccc2F)nc2ccsc2c1=O. The molecule has 0 bridgehead atoms. The molecule has 5 nitrogen and oxygen atoms in total. The first-order valence-electron chi connectivity index (χ1n) is 8.88. The van der Waals surface area contributed by atoms with Gasteiger partial charge in [-0.3, -0.25) is 14.2 Å². The number of halogens is 2. The fraction of sp³-hybridized carbons (Fsp3) is 0.0952. The summed E-state index contributed by atoms with van der Waals surface area (Å²) in [5.41, 5.74) is 1.37. The number of fused-ring (bicyclic) bond motifs is 1. The Morgan fingerprint density at radius 3 is 2.77 bits per heavy atom. The Kier molecular flexibility index (Phi) is 5.65. The summed E-state index contributed by atoms with van der Waals surface area (Å²) in [5.74, 6) is -1.47. The Morgan fingerprint density at radius 2 is 2.00 bits per heavy atom. The third kappa shape index (κ3) is 3.99. The molecule has 0 fully saturated rings. The molecule has 2 aromatic carbocycles. The largest absolute Gasteiger partial charge is 0.323 e. The van der Waals surface area contributed by atoms with Crippen LogP contribution < -0.4 is 10.9 Å². The van der Waals surface area contributed by atoms with E-state index in [4.69, 9.17) is 0 Å². The number of hydrogen-bond donors (Lipinski definition) is 1. The lowest BCUT2D eigenvalue weighted by Crippen LogP contribution is -2.23. The summed E-state index contributed by atoms with van der Waals surface area (Å²) < 4.78 is 29.2. The van der Waals surface area contributed by atoms with Gasteiger partial charge in [-0.25, -0.2) is 13.8 Å². The van der Waals surface area contributed by atoms with E-state index in [1.807, 2.05) is 0 Å². The van der Waals surface area contributed by atoms with Crippen LogP contribution in [0.3, 0.4) is 0 Å². The number of carbonyl (C=O) groups excluding carboxylic acids is 1. The van der Waals surface area contributed by atoms with Gasteiger partial charge in [0, 0.05) is 0 Å². The van der Waals surface area contributed by atoms with E-state index in [-0.39, 0.29) is 17.0 Å². The molecule has 30 heavy (non-hydrogen) atoms. The van der Waals surface area contributed by atoms with E-state index in [0.717, 1.165) is 11.8 Å². The molecule has 4 aromatic rings. The number of thioether (sulfide) groups is 1. The fourth-order valence-corrected chi connectivity index (χ4v) is 4.52. The van der Waals surface area contributed by atoms with Crippen LogP contribution in [-0.2, 0) is 4.79 Å². The molecule has 0 aliphatic heterocycles. The van der Waals surface area contributed by atoms with E-state index in [1.54, 1.807) is 24.4 Å². The molecule has 0 radical (unpaired) electrons. The van der Waals surface area contributed by atoms with Gasteiger partial charge in [0.25, 0.3) is 5.56 Å². The van der Waals surface area contributed by atoms with E-state index in [9.17, 15) is 18.4 Å². The van der Waals surface area contributed by atoms with Crippen LogP contribution in [0.4, 0.5) is 14.5 Å². The van der Waals surface area contributed by atoms with Crippen molar-refractivity contribution in [1.82, 2.24) is 9.55 Å². The van der Waals surface area contributed by atoms with E-state index < -0.39 is 17.5 Å². The Bertz CT molecular complexity index is 1320. The Hall–Kier alpha value is -3.04. The van der Waals surface area contributed by atoms with Crippen LogP contribution in [0.2, 0.25) is 0 Å². The number of anilines is 1. The summed E-state index contributed by atoms with van der Waals surface area (Å²) in [5, 5.41) is 4.57. The van der Waals surface area contributed by atoms with E-state index in [2.05, 4.69) is 10.3 Å². The molecular formula is C21H15F2N3O2S2. The van der Waals surface area contributed by atoms with Gasteiger partial charge >= 0.3 is 0 Å². The number of thiophene rings is 1. The molecule has 0 saturated carbocycles. The average molecular weight is 444 g/mol. The van der Waals surface area contributed by atoms with Crippen molar-refractivity contribution in [2.75, 3.05) is 11.1 Å². The van der Waals surface area contributed by atoms with Gasteiger partial charge in [-0.15, -0.1) is 11.3 Å². The number of aryl methyl sites for hydroxylation is 1. The molecule has 2 heterocycles. The van der Waals surface area contributed by atoms with Crippen molar-refractivity contribution in [3.63, 3.8) is 0 Å². The first-order chi connectivity index (χ1) is 14.4. The van der Waals surface area contributed by atoms with E-state index >= 15 is 0 Å². The van der Waals surface area contributed by atoms with Crippen molar-refractivity contribution in [3.05, 3.63) is 81.5 Å². The number of nitrogens with one attached hydrogen (secondary N) is 1. The highest BCUT2D eigenvalue weighted by molar-refractivity contribution is 7.99. The van der Waals surface area contributed by atoms with Gasteiger partial charge in [-0.05, 0) is 54.3 Å². The molecule has 0 saturated heterocycles. The van der Waals surface area contributed by atoms with Gasteiger partial charge in [0.05, 0.1) is 22.6 Å². The van der Waals surface area contributed by atoms with E-state index in [1.165, 1.54) is 52.3 Å². The molecule has 152 valence electrons. The van der Waals surface area contributed by atoms with Crippen molar-refractivity contribution < 1.29 is 13.6 Å². The maximum Gasteiger partial charge on any atom is 0.276 e. The number of aromatic nitrogens is 2. The monoisotopic (exact) mass is 443 g/mol. The lowest BCUT2D eigenvalue weighted by atomic mass is 10.2. The van der Waals surface area contributed by atoms with Crippen LogP contribution in [0, 0.1) is 18.6 Å². The molecule has 4 rings (SSSR count). The van der Waals surface area contributed by atoms with Gasteiger partial charge in [-0.2, -0.15) is 0 Å². The third-order valence-corrected chi connectivity index (χ3v) is 6.16. The predicted molar refractivity (Wildman–Crippen MR) is 116 cm³/mol. The average Bonchev–Trinajstić information content (AvgIpc) is 3.18. The standard InChI is InChI=1S/C21H15F2N3O2S2/c1-12-10-13(22)6-7-17(12)26-20(28)19-16(8-9-29-19)25-21(26)30-11-18(27)24-15-5-3-2-4-14(15)23/h2-10H,11H2,1H3,(H,24,27). The van der Waals surface area contributed by atoms with Crippen molar-refractivity contribution in [2.24, 2.45) is 0 Å². The highest BCUT2D eigenvalue weighted by Crippen LogP contribution is 2.25. The smallest absolute Gasteiger partial charge is 0.276 e. The molecule has 1 amide bonds. The van der Waals surface area contributed by atoms with Crippen LogP contribution >= 0.6 is 23.1 Å². The fourth-order valence-electron chi connectivity index (χ4n) is 2.95. The predicted octanol–water partition coefficient (Wildman–Crippen LogP) is 4.76. The van der Waals surface area contributed by atoms with Gasteiger partial charge in [0.2, 0.25) is 5.91 Å². The lowest BCUT2D eigenvalue weighted by Gasteiger charge is -2.14. The number of hydrogen-bond acceptors (Lipinski definition) is 5. The first kappa shape index (κ1) is 20.2.